The van der Waals surface area contributed by atoms with Gasteiger partial charge >= 0.3 is 0 Å². The third-order valence-electron chi connectivity index (χ3n) is 4.67. The third-order valence-corrected chi connectivity index (χ3v) is 5.10. The van der Waals surface area contributed by atoms with E-state index in [1.807, 2.05) is 0 Å². The minimum atomic E-state index is -1.12. The van der Waals surface area contributed by atoms with E-state index in [0.29, 0.717) is 36.0 Å². The molecule has 9 heteroatoms. The van der Waals surface area contributed by atoms with Crippen molar-refractivity contribution in [3.8, 4) is 0 Å². The Labute approximate surface area is 169 Å². The second-order valence-electron chi connectivity index (χ2n) is 6.60. The van der Waals surface area contributed by atoms with Crippen molar-refractivity contribution in [1.29, 1.82) is 0 Å². The molecular formula is C19H19BrF2N4O2. The molecule has 1 aromatic heterocycles. The topological polar surface area (TPSA) is 83.1 Å². The van der Waals surface area contributed by atoms with Gasteiger partial charge in [0.2, 0.25) is 5.91 Å². The summed E-state index contributed by atoms with van der Waals surface area (Å²) in [5.74, 6) is -2.24. The van der Waals surface area contributed by atoms with Crippen molar-refractivity contribution >= 4 is 27.7 Å². The molecule has 1 fully saturated rings. The van der Waals surface area contributed by atoms with E-state index in [2.05, 4.69) is 36.9 Å². The highest BCUT2D eigenvalue weighted by atomic mass is 79.9. The van der Waals surface area contributed by atoms with Crippen molar-refractivity contribution < 1.29 is 18.4 Å². The molecule has 0 saturated carbocycles. The molecule has 0 spiro atoms. The van der Waals surface area contributed by atoms with Gasteiger partial charge in [-0.15, -0.1) is 0 Å². The molecule has 1 aliphatic heterocycles. The average molecular weight is 453 g/mol. The van der Waals surface area contributed by atoms with E-state index in [0.717, 1.165) is 12.1 Å². The van der Waals surface area contributed by atoms with Crippen molar-refractivity contribution in [2.45, 2.75) is 24.9 Å². The summed E-state index contributed by atoms with van der Waals surface area (Å²) in [6.45, 7) is 0.999. The van der Waals surface area contributed by atoms with Crippen LogP contribution in [0.15, 0.2) is 41.1 Å². The number of hydrogen-bond donors (Lipinski definition) is 3. The van der Waals surface area contributed by atoms with E-state index in [4.69, 9.17) is 0 Å². The Morgan fingerprint density at radius 3 is 2.61 bits per heavy atom. The van der Waals surface area contributed by atoms with Crippen LogP contribution in [0, 0.1) is 11.6 Å². The van der Waals surface area contributed by atoms with Gasteiger partial charge in [0.1, 0.15) is 17.2 Å². The maximum Gasteiger partial charge on any atom is 0.253 e. The molecule has 3 N–H and O–H groups in total. The molecule has 6 nitrogen and oxygen atoms in total. The Bertz CT molecular complexity index is 888. The van der Waals surface area contributed by atoms with Crippen molar-refractivity contribution in [3.05, 3.63) is 63.9 Å². The maximum absolute atomic E-state index is 13.8. The maximum atomic E-state index is 13.8. The minimum absolute atomic E-state index is 0.103. The number of benzene rings is 1. The number of carbonyl (C=O) groups excluding carboxylic acids is 2. The quantitative estimate of drug-likeness (QED) is 0.649. The Morgan fingerprint density at radius 2 is 1.93 bits per heavy atom. The summed E-state index contributed by atoms with van der Waals surface area (Å²) in [5.41, 5.74) is -0.632. The van der Waals surface area contributed by atoms with E-state index >= 15 is 0 Å². The highest BCUT2D eigenvalue weighted by Gasteiger charge is 2.41. The van der Waals surface area contributed by atoms with E-state index in [1.165, 1.54) is 12.3 Å². The van der Waals surface area contributed by atoms with Crippen LogP contribution in [0.5, 0.6) is 0 Å². The largest absolute Gasteiger partial charge is 0.350 e. The first-order valence-corrected chi connectivity index (χ1v) is 9.55. The van der Waals surface area contributed by atoms with Crippen molar-refractivity contribution in [1.82, 2.24) is 20.9 Å². The first-order valence-electron chi connectivity index (χ1n) is 8.76. The molecule has 0 atom stereocenters. The molecule has 1 aromatic carbocycles. The fraction of sp³-hybridized carbons (Fsp3) is 0.316. The molecule has 2 amide bonds. The molecule has 0 radical (unpaired) electrons. The van der Waals surface area contributed by atoms with E-state index in [1.54, 1.807) is 12.3 Å². The van der Waals surface area contributed by atoms with Crippen LogP contribution in [-0.2, 0) is 11.3 Å². The van der Waals surface area contributed by atoms with Gasteiger partial charge in [-0.2, -0.15) is 0 Å². The van der Waals surface area contributed by atoms with Gasteiger partial charge < -0.3 is 16.0 Å². The molecule has 148 valence electrons. The fourth-order valence-corrected chi connectivity index (χ4v) is 3.46. The van der Waals surface area contributed by atoms with Crippen molar-refractivity contribution in [3.63, 3.8) is 0 Å². The lowest BCUT2D eigenvalue weighted by molar-refractivity contribution is -0.128. The summed E-state index contributed by atoms with van der Waals surface area (Å²) in [4.78, 5) is 29.6. The van der Waals surface area contributed by atoms with Crippen LogP contribution in [0.3, 0.4) is 0 Å². The molecular weight excluding hydrogens is 434 g/mol. The van der Waals surface area contributed by atoms with E-state index < -0.39 is 29.0 Å². The van der Waals surface area contributed by atoms with Crippen molar-refractivity contribution in [2.24, 2.45) is 0 Å². The summed E-state index contributed by atoms with van der Waals surface area (Å²) in [5, 5.41) is 8.65. The Morgan fingerprint density at radius 1 is 1.18 bits per heavy atom. The average Bonchev–Trinajstić information content (AvgIpc) is 2.67. The Kier molecular flexibility index (Phi) is 6.35. The van der Waals surface area contributed by atoms with E-state index in [9.17, 15) is 18.4 Å². The lowest BCUT2D eigenvalue weighted by atomic mass is 9.86. The number of hydrogen-bond acceptors (Lipinski definition) is 4. The highest BCUT2D eigenvalue weighted by molar-refractivity contribution is 9.10. The van der Waals surface area contributed by atoms with Crippen LogP contribution in [0.1, 0.15) is 28.8 Å². The van der Waals surface area contributed by atoms with Crippen LogP contribution in [0.2, 0.25) is 0 Å². The number of nitrogens with one attached hydrogen (secondary N) is 3. The molecule has 1 aliphatic rings. The zero-order valence-corrected chi connectivity index (χ0v) is 16.5. The second-order valence-corrected chi connectivity index (χ2v) is 7.51. The van der Waals surface area contributed by atoms with Gasteiger partial charge in [0.05, 0.1) is 5.56 Å². The van der Waals surface area contributed by atoms with Crippen LogP contribution in [0.25, 0.3) is 0 Å². The van der Waals surface area contributed by atoms with Crippen LogP contribution < -0.4 is 16.0 Å². The zero-order valence-electron chi connectivity index (χ0n) is 14.9. The number of halogens is 3. The van der Waals surface area contributed by atoms with Crippen LogP contribution >= 0.6 is 15.9 Å². The van der Waals surface area contributed by atoms with Gasteiger partial charge in [0.15, 0.2) is 0 Å². The summed E-state index contributed by atoms with van der Waals surface area (Å²) in [6, 6.07) is 4.80. The third kappa shape index (κ3) is 4.71. The SMILES string of the molecule is O=C(NC1(C(=O)NCc2ccc(F)cc2F)CCNCC1)c1cncc(Br)c1. The summed E-state index contributed by atoms with van der Waals surface area (Å²) < 4.78 is 27.5. The van der Waals surface area contributed by atoms with Gasteiger partial charge in [-0.3, -0.25) is 14.6 Å². The number of nitrogens with zero attached hydrogens (tertiary/aromatic N) is 1. The van der Waals surface area contributed by atoms with E-state index in [-0.39, 0.29) is 12.1 Å². The van der Waals surface area contributed by atoms with Gasteiger partial charge in [-0.1, -0.05) is 6.07 Å². The monoisotopic (exact) mass is 452 g/mol. The number of amides is 2. The van der Waals surface area contributed by atoms with Gasteiger partial charge in [0.25, 0.3) is 5.91 Å². The smallest absolute Gasteiger partial charge is 0.253 e. The summed E-state index contributed by atoms with van der Waals surface area (Å²) >= 11 is 3.27. The highest BCUT2D eigenvalue weighted by Crippen LogP contribution is 2.21. The first-order chi connectivity index (χ1) is 13.4. The molecule has 3 rings (SSSR count). The second kappa shape index (κ2) is 8.74. The van der Waals surface area contributed by atoms with Crippen LogP contribution in [0.4, 0.5) is 8.78 Å². The molecule has 1 saturated heterocycles. The minimum Gasteiger partial charge on any atom is -0.350 e. The zero-order chi connectivity index (χ0) is 20.1. The van der Waals surface area contributed by atoms with Crippen LogP contribution in [-0.4, -0.2) is 35.4 Å². The standard InChI is InChI=1S/C19H19BrF2N4O2/c20-14-7-13(9-24-11-14)17(27)26-19(3-5-23-6-4-19)18(28)25-10-12-1-2-15(21)8-16(12)22/h1-2,7-9,11,23H,3-6,10H2,(H,25,28)(H,26,27). The number of piperidine rings is 1. The van der Waals surface area contributed by atoms with Gasteiger partial charge in [-0.05, 0) is 54.0 Å². The molecule has 0 bridgehead atoms. The van der Waals surface area contributed by atoms with Crippen molar-refractivity contribution in [2.75, 3.05) is 13.1 Å². The molecule has 0 unspecified atom stereocenters. The normalized spacial score (nSPS) is 15.7. The van der Waals surface area contributed by atoms with Gasteiger partial charge in [-0.25, -0.2) is 8.78 Å². The summed E-state index contributed by atoms with van der Waals surface area (Å²) in [7, 11) is 0. The molecule has 0 aliphatic carbocycles. The molecule has 2 heterocycles. The molecule has 2 aromatic rings. The molecule has 28 heavy (non-hydrogen) atoms. The predicted octanol–water partition coefficient (Wildman–Crippen LogP) is 2.29. The lowest BCUT2D eigenvalue weighted by Crippen LogP contribution is -2.62. The number of rotatable bonds is 5. The predicted molar refractivity (Wildman–Crippen MR) is 102 cm³/mol. The number of pyridine rings is 1. The first kappa shape index (κ1) is 20.3. The lowest BCUT2D eigenvalue weighted by Gasteiger charge is -2.37. The van der Waals surface area contributed by atoms with Gasteiger partial charge in [0, 0.05) is 35.0 Å². The Balaban J connectivity index is 1.74. The number of carbonyl (C=O) groups is 2. The summed E-state index contributed by atoms with van der Waals surface area (Å²) in [6.07, 6.45) is 3.75. The Hall–Kier alpha value is -2.39. The number of aromatic nitrogens is 1. The fourth-order valence-electron chi connectivity index (χ4n) is 3.10.